The first-order valence-electron chi connectivity index (χ1n) is 11.2. The van der Waals surface area contributed by atoms with E-state index in [0.29, 0.717) is 34.9 Å². The van der Waals surface area contributed by atoms with Crippen molar-refractivity contribution in [3.8, 4) is 11.5 Å². The van der Waals surface area contributed by atoms with E-state index in [-0.39, 0.29) is 18.1 Å². The monoisotopic (exact) mass is 457 g/mol. The minimum Gasteiger partial charge on any atom is -0.487 e. The van der Waals surface area contributed by atoms with Gasteiger partial charge in [0.25, 0.3) is 11.5 Å². The number of aromatic nitrogens is 2. The highest BCUT2D eigenvalue weighted by molar-refractivity contribution is 5.94. The van der Waals surface area contributed by atoms with Crippen molar-refractivity contribution in [2.45, 2.75) is 39.9 Å². The number of para-hydroxylation sites is 1. The molecule has 2 aromatic carbocycles. The Kier molecular flexibility index (Phi) is 6.92. The lowest BCUT2D eigenvalue weighted by Crippen LogP contribution is -2.32. The first kappa shape index (κ1) is 23.0. The number of nitrogens with zero attached hydrogens (tertiary/aromatic N) is 2. The fourth-order valence-electron chi connectivity index (χ4n) is 3.58. The van der Waals surface area contributed by atoms with Gasteiger partial charge in [-0.2, -0.15) is 0 Å². The number of ether oxygens (including phenoxy) is 2. The van der Waals surface area contributed by atoms with Crippen LogP contribution in [-0.4, -0.2) is 21.4 Å². The summed E-state index contributed by atoms with van der Waals surface area (Å²) in [4.78, 5) is 29.8. The Bertz CT molecular complexity index is 1370. The third kappa shape index (κ3) is 5.26. The molecule has 34 heavy (non-hydrogen) atoms. The van der Waals surface area contributed by atoms with Crippen LogP contribution in [0.25, 0.3) is 5.65 Å². The van der Waals surface area contributed by atoms with Crippen molar-refractivity contribution in [2.24, 2.45) is 0 Å². The lowest BCUT2D eigenvalue weighted by molar-refractivity contribution is -0.122. The summed E-state index contributed by atoms with van der Waals surface area (Å²) in [5.41, 5.74) is 3.40. The molecular weight excluding hydrogens is 430 g/mol. The van der Waals surface area contributed by atoms with Crippen LogP contribution in [-0.2, 0) is 11.4 Å². The minimum atomic E-state index is -0.619. The number of amides is 1. The molecule has 2 heterocycles. The van der Waals surface area contributed by atoms with E-state index < -0.39 is 6.10 Å². The number of carbonyl (C=O) groups excluding carboxylic acids is 1. The van der Waals surface area contributed by atoms with E-state index in [4.69, 9.17) is 9.47 Å². The van der Waals surface area contributed by atoms with Gasteiger partial charge in [-0.1, -0.05) is 37.3 Å². The largest absolute Gasteiger partial charge is 0.487 e. The molecule has 1 atom stereocenters. The predicted molar refractivity (Wildman–Crippen MR) is 131 cm³/mol. The SMILES string of the molecule is CCC(Oc1ccccc1)C(=O)Nc1ccc(C)c(OCc2cc(=O)n3cccc(C)c3n2)c1. The molecule has 0 aliphatic carbocycles. The van der Waals surface area contributed by atoms with E-state index >= 15 is 0 Å². The number of benzene rings is 2. The molecule has 4 rings (SSSR count). The van der Waals surface area contributed by atoms with E-state index in [2.05, 4.69) is 10.3 Å². The zero-order valence-corrected chi connectivity index (χ0v) is 19.4. The molecule has 0 saturated carbocycles. The average molecular weight is 458 g/mol. The van der Waals surface area contributed by atoms with Crippen LogP contribution in [0.1, 0.15) is 30.2 Å². The molecule has 1 N–H and O–H groups in total. The number of hydrogen-bond acceptors (Lipinski definition) is 5. The Balaban J connectivity index is 1.47. The molecule has 0 saturated heterocycles. The van der Waals surface area contributed by atoms with E-state index in [0.717, 1.165) is 11.1 Å². The standard InChI is InChI=1S/C27H27N3O4/c1-4-23(34-22-10-6-5-7-11-22)27(32)29-20-13-12-18(2)24(15-20)33-17-21-16-25(31)30-14-8-9-19(3)26(30)28-21/h5-16,23H,4,17H2,1-3H3,(H,29,32). The fourth-order valence-corrected chi connectivity index (χ4v) is 3.58. The number of anilines is 1. The van der Waals surface area contributed by atoms with Crippen molar-refractivity contribution in [3.05, 3.63) is 100 Å². The minimum absolute atomic E-state index is 0.132. The third-order valence-electron chi connectivity index (χ3n) is 5.46. The van der Waals surface area contributed by atoms with Gasteiger partial charge >= 0.3 is 0 Å². The number of nitrogens with one attached hydrogen (secondary N) is 1. The molecule has 7 heteroatoms. The summed E-state index contributed by atoms with van der Waals surface area (Å²) in [6, 6.07) is 19.9. The molecule has 1 unspecified atom stereocenters. The number of hydrogen-bond donors (Lipinski definition) is 1. The second-order valence-corrected chi connectivity index (χ2v) is 8.06. The van der Waals surface area contributed by atoms with Crippen LogP contribution in [0, 0.1) is 13.8 Å². The van der Waals surface area contributed by atoms with Crippen molar-refractivity contribution in [1.29, 1.82) is 0 Å². The average Bonchev–Trinajstić information content (AvgIpc) is 2.84. The molecule has 0 aliphatic rings. The van der Waals surface area contributed by atoms with Gasteiger partial charge < -0.3 is 14.8 Å². The van der Waals surface area contributed by atoms with Gasteiger partial charge in [0.05, 0.1) is 5.69 Å². The van der Waals surface area contributed by atoms with Crippen molar-refractivity contribution >= 4 is 17.2 Å². The van der Waals surface area contributed by atoms with Crippen LogP contribution >= 0.6 is 0 Å². The summed E-state index contributed by atoms with van der Waals surface area (Å²) in [6.45, 7) is 5.86. The van der Waals surface area contributed by atoms with Gasteiger partial charge in [-0.25, -0.2) is 4.98 Å². The second-order valence-electron chi connectivity index (χ2n) is 8.06. The molecular formula is C27H27N3O4. The van der Waals surface area contributed by atoms with Gasteiger partial charge in [0.2, 0.25) is 0 Å². The van der Waals surface area contributed by atoms with Gasteiger partial charge in [-0.05, 0) is 55.7 Å². The third-order valence-corrected chi connectivity index (χ3v) is 5.46. The van der Waals surface area contributed by atoms with Crippen molar-refractivity contribution in [2.75, 3.05) is 5.32 Å². The summed E-state index contributed by atoms with van der Waals surface area (Å²) in [7, 11) is 0. The fraction of sp³-hybridized carbons (Fsp3) is 0.222. The van der Waals surface area contributed by atoms with Gasteiger partial charge in [0.1, 0.15) is 23.8 Å². The summed E-state index contributed by atoms with van der Waals surface area (Å²) < 4.78 is 13.3. The van der Waals surface area contributed by atoms with Gasteiger partial charge in [0.15, 0.2) is 6.10 Å². The van der Waals surface area contributed by atoms with Crippen LogP contribution in [0.15, 0.2) is 77.7 Å². The Morgan fingerprint density at radius 3 is 2.59 bits per heavy atom. The molecule has 0 radical (unpaired) electrons. The number of fused-ring (bicyclic) bond motifs is 1. The lowest BCUT2D eigenvalue weighted by atomic mass is 10.2. The first-order valence-corrected chi connectivity index (χ1v) is 11.2. The number of pyridine rings is 1. The highest BCUT2D eigenvalue weighted by Gasteiger charge is 2.19. The quantitative estimate of drug-likeness (QED) is 0.415. The molecule has 1 amide bonds. The van der Waals surface area contributed by atoms with Crippen LogP contribution < -0.4 is 20.3 Å². The van der Waals surface area contributed by atoms with E-state index in [1.165, 1.54) is 10.5 Å². The Morgan fingerprint density at radius 1 is 1.03 bits per heavy atom. The van der Waals surface area contributed by atoms with E-state index in [1.807, 2.05) is 75.4 Å². The lowest BCUT2D eigenvalue weighted by Gasteiger charge is -2.18. The normalized spacial score (nSPS) is 11.7. The Morgan fingerprint density at radius 2 is 1.82 bits per heavy atom. The highest BCUT2D eigenvalue weighted by atomic mass is 16.5. The molecule has 4 aromatic rings. The second kappa shape index (κ2) is 10.2. The topological polar surface area (TPSA) is 81.9 Å². The smallest absolute Gasteiger partial charge is 0.265 e. The van der Waals surface area contributed by atoms with E-state index in [1.54, 1.807) is 12.3 Å². The summed E-state index contributed by atoms with van der Waals surface area (Å²) in [5.74, 6) is 1.01. The van der Waals surface area contributed by atoms with Crippen LogP contribution in [0.3, 0.4) is 0 Å². The van der Waals surface area contributed by atoms with Gasteiger partial charge in [-0.3, -0.25) is 14.0 Å². The molecule has 0 spiro atoms. The molecule has 174 valence electrons. The van der Waals surface area contributed by atoms with Crippen LogP contribution in [0.2, 0.25) is 0 Å². The molecule has 2 aromatic heterocycles. The maximum Gasteiger partial charge on any atom is 0.265 e. The van der Waals surface area contributed by atoms with E-state index in [9.17, 15) is 9.59 Å². The van der Waals surface area contributed by atoms with Crippen LogP contribution in [0.5, 0.6) is 11.5 Å². The number of rotatable bonds is 8. The summed E-state index contributed by atoms with van der Waals surface area (Å²) in [5, 5.41) is 2.91. The summed E-state index contributed by atoms with van der Waals surface area (Å²) in [6.07, 6.45) is 1.61. The summed E-state index contributed by atoms with van der Waals surface area (Å²) >= 11 is 0. The van der Waals surface area contributed by atoms with Crippen LogP contribution in [0.4, 0.5) is 5.69 Å². The van der Waals surface area contributed by atoms with Crippen molar-refractivity contribution < 1.29 is 14.3 Å². The highest BCUT2D eigenvalue weighted by Crippen LogP contribution is 2.24. The molecule has 7 nitrogen and oxygen atoms in total. The maximum absolute atomic E-state index is 12.8. The van der Waals surface area contributed by atoms with Crippen molar-refractivity contribution in [1.82, 2.24) is 9.38 Å². The molecule has 0 aliphatic heterocycles. The molecule has 0 bridgehead atoms. The number of aryl methyl sites for hydroxylation is 2. The zero-order valence-electron chi connectivity index (χ0n) is 19.4. The van der Waals surface area contributed by atoms with Gasteiger partial charge in [0, 0.05) is 24.0 Å². The zero-order chi connectivity index (χ0) is 24.1. The number of carbonyl (C=O) groups is 1. The maximum atomic E-state index is 12.8. The van der Waals surface area contributed by atoms with Crippen molar-refractivity contribution in [3.63, 3.8) is 0 Å². The first-order chi connectivity index (χ1) is 16.4. The predicted octanol–water partition coefficient (Wildman–Crippen LogP) is 4.69. The Labute approximate surface area is 198 Å². The molecule has 0 fully saturated rings. The Hall–Kier alpha value is -4.13. The van der Waals surface area contributed by atoms with Gasteiger partial charge in [-0.15, -0.1) is 0 Å².